The van der Waals surface area contributed by atoms with E-state index in [0.717, 1.165) is 23.6 Å². The van der Waals surface area contributed by atoms with Gasteiger partial charge >= 0.3 is 5.97 Å². The van der Waals surface area contributed by atoms with Gasteiger partial charge in [0.1, 0.15) is 6.04 Å². The summed E-state index contributed by atoms with van der Waals surface area (Å²) in [4.78, 5) is 11.1. The van der Waals surface area contributed by atoms with Gasteiger partial charge in [-0.1, -0.05) is 6.42 Å². The molecular formula is C10H18N2O5S. The van der Waals surface area contributed by atoms with Crippen molar-refractivity contribution in [1.82, 2.24) is 8.61 Å². The fourth-order valence-electron chi connectivity index (χ4n) is 2.51. The number of aliphatic hydroxyl groups is 1. The van der Waals surface area contributed by atoms with Crippen molar-refractivity contribution < 1.29 is 23.4 Å². The number of β-amino-alcohol motifs (C(OH)–C–C–N with tert-alkyl or cyclic N) is 1. The van der Waals surface area contributed by atoms with Crippen LogP contribution in [0.15, 0.2) is 0 Å². The first-order valence-corrected chi connectivity index (χ1v) is 7.50. The molecule has 2 aliphatic heterocycles. The number of carboxylic acid groups (broad SMARTS) is 1. The molecule has 2 atom stereocenters. The van der Waals surface area contributed by atoms with E-state index >= 15 is 0 Å². The van der Waals surface area contributed by atoms with Crippen molar-refractivity contribution in [3.05, 3.63) is 0 Å². The Morgan fingerprint density at radius 2 is 1.78 bits per heavy atom. The van der Waals surface area contributed by atoms with E-state index in [2.05, 4.69) is 0 Å². The molecule has 0 spiro atoms. The van der Waals surface area contributed by atoms with E-state index < -0.39 is 28.3 Å². The zero-order valence-electron chi connectivity index (χ0n) is 10.0. The Balaban J connectivity index is 2.20. The lowest BCUT2D eigenvalue weighted by Crippen LogP contribution is -2.50. The van der Waals surface area contributed by atoms with E-state index in [0.29, 0.717) is 13.1 Å². The predicted octanol–water partition coefficient (Wildman–Crippen LogP) is -0.763. The highest BCUT2D eigenvalue weighted by Gasteiger charge is 2.45. The van der Waals surface area contributed by atoms with Crippen LogP contribution in [-0.2, 0) is 15.0 Å². The van der Waals surface area contributed by atoms with E-state index in [-0.39, 0.29) is 13.0 Å². The van der Waals surface area contributed by atoms with E-state index in [1.54, 1.807) is 0 Å². The summed E-state index contributed by atoms with van der Waals surface area (Å²) in [6.07, 6.45) is 1.66. The molecule has 0 aromatic heterocycles. The number of carboxylic acids is 1. The summed E-state index contributed by atoms with van der Waals surface area (Å²) in [5.74, 6) is -1.20. The molecule has 0 aromatic carbocycles. The van der Waals surface area contributed by atoms with Gasteiger partial charge in [-0.2, -0.15) is 17.0 Å². The van der Waals surface area contributed by atoms with Crippen LogP contribution in [0.25, 0.3) is 0 Å². The summed E-state index contributed by atoms with van der Waals surface area (Å²) in [6.45, 7) is 0.734. The number of carbonyl (C=O) groups is 1. The molecule has 2 heterocycles. The van der Waals surface area contributed by atoms with E-state index in [1.165, 1.54) is 4.31 Å². The molecule has 2 N–H and O–H groups in total. The van der Waals surface area contributed by atoms with Crippen LogP contribution in [0.5, 0.6) is 0 Å². The molecule has 0 aliphatic carbocycles. The van der Waals surface area contributed by atoms with E-state index in [9.17, 15) is 18.3 Å². The lowest BCUT2D eigenvalue weighted by molar-refractivity contribution is -0.140. The Labute approximate surface area is 106 Å². The van der Waals surface area contributed by atoms with Gasteiger partial charge in [0.25, 0.3) is 10.2 Å². The molecule has 18 heavy (non-hydrogen) atoms. The van der Waals surface area contributed by atoms with Crippen molar-refractivity contribution in [2.24, 2.45) is 0 Å². The minimum absolute atomic E-state index is 0.0393. The van der Waals surface area contributed by atoms with Crippen molar-refractivity contribution in [3.63, 3.8) is 0 Å². The molecule has 2 saturated heterocycles. The van der Waals surface area contributed by atoms with Gasteiger partial charge in [0.05, 0.1) is 6.10 Å². The van der Waals surface area contributed by atoms with Crippen LogP contribution < -0.4 is 0 Å². The quantitative estimate of drug-likeness (QED) is 0.707. The maximum Gasteiger partial charge on any atom is 0.322 e. The smallest absolute Gasteiger partial charge is 0.322 e. The third-order valence-electron chi connectivity index (χ3n) is 3.46. The molecular weight excluding hydrogens is 260 g/mol. The molecule has 0 saturated carbocycles. The first-order chi connectivity index (χ1) is 8.43. The number of aliphatic hydroxyl groups excluding tert-OH is 1. The molecule has 7 nitrogen and oxygen atoms in total. The summed E-state index contributed by atoms with van der Waals surface area (Å²) in [7, 11) is -3.76. The topological polar surface area (TPSA) is 98.1 Å². The molecule has 8 heteroatoms. The van der Waals surface area contributed by atoms with Gasteiger partial charge in [-0.3, -0.25) is 4.79 Å². The molecule has 0 bridgehead atoms. The fourth-order valence-corrected chi connectivity index (χ4v) is 4.38. The number of aliphatic carboxylic acids is 1. The Bertz CT molecular complexity index is 418. The van der Waals surface area contributed by atoms with Gasteiger partial charge < -0.3 is 10.2 Å². The highest BCUT2D eigenvalue weighted by Crippen LogP contribution is 2.25. The molecule has 2 rings (SSSR count). The summed E-state index contributed by atoms with van der Waals surface area (Å²) in [5.41, 5.74) is 0. The first kappa shape index (κ1) is 13.7. The van der Waals surface area contributed by atoms with Crippen LogP contribution in [0.2, 0.25) is 0 Å². The second-order valence-corrected chi connectivity index (χ2v) is 6.66. The summed E-state index contributed by atoms with van der Waals surface area (Å²) < 4.78 is 26.9. The second kappa shape index (κ2) is 5.12. The Morgan fingerprint density at radius 3 is 2.33 bits per heavy atom. The highest BCUT2D eigenvalue weighted by molar-refractivity contribution is 7.86. The van der Waals surface area contributed by atoms with Crippen LogP contribution in [0.4, 0.5) is 0 Å². The van der Waals surface area contributed by atoms with Gasteiger partial charge in [-0.25, -0.2) is 0 Å². The zero-order valence-corrected chi connectivity index (χ0v) is 10.8. The second-order valence-electron chi connectivity index (χ2n) is 4.78. The number of hydrogen-bond acceptors (Lipinski definition) is 4. The van der Waals surface area contributed by atoms with Crippen molar-refractivity contribution in [2.75, 3.05) is 19.6 Å². The van der Waals surface area contributed by atoms with Crippen molar-refractivity contribution in [1.29, 1.82) is 0 Å². The molecule has 2 aliphatic rings. The number of rotatable bonds is 3. The lowest BCUT2D eigenvalue weighted by atomic mass is 10.2. The van der Waals surface area contributed by atoms with Gasteiger partial charge in [-0.05, 0) is 12.8 Å². The standard InChI is InChI=1S/C10H18N2O5S/c13-8-6-9(10(14)15)12(7-8)18(16,17)11-4-2-1-3-5-11/h8-9,13H,1-7H2,(H,14,15). The summed E-state index contributed by atoms with van der Waals surface area (Å²) in [5, 5.41) is 18.5. The first-order valence-electron chi connectivity index (χ1n) is 6.10. The summed E-state index contributed by atoms with van der Waals surface area (Å²) in [6, 6.07) is -1.15. The monoisotopic (exact) mass is 278 g/mol. The Kier molecular flexibility index (Phi) is 3.90. The predicted molar refractivity (Wildman–Crippen MR) is 63.1 cm³/mol. The van der Waals surface area contributed by atoms with Gasteiger partial charge in [0, 0.05) is 26.1 Å². The van der Waals surface area contributed by atoms with Crippen LogP contribution in [0.1, 0.15) is 25.7 Å². The van der Waals surface area contributed by atoms with Crippen molar-refractivity contribution in [3.8, 4) is 0 Å². The zero-order chi connectivity index (χ0) is 13.3. The number of hydrogen-bond donors (Lipinski definition) is 2. The maximum atomic E-state index is 12.3. The maximum absolute atomic E-state index is 12.3. The minimum Gasteiger partial charge on any atom is -0.480 e. The molecule has 0 radical (unpaired) electrons. The summed E-state index contributed by atoms with van der Waals surface area (Å²) >= 11 is 0. The Morgan fingerprint density at radius 1 is 1.17 bits per heavy atom. The Hall–Kier alpha value is -0.700. The highest BCUT2D eigenvalue weighted by atomic mass is 32.2. The average molecular weight is 278 g/mol. The van der Waals surface area contributed by atoms with Crippen LogP contribution in [-0.4, -0.2) is 65.0 Å². The van der Waals surface area contributed by atoms with Crippen molar-refractivity contribution in [2.45, 2.75) is 37.8 Å². The van der Waals surface area contributed by atoms with Crippen LogP contribution in [0.3, 0.4) is 0 Å². The van der Waals surface area contributed by atoms with Gasteiger partial charge in [0.15, 0.2) is 0 Å². The minimum atomic E-state index is -3.76. The number of nitrogens with zero attached hydrogens (tertiary/aromatic N) is 2. The molecule has 2 fully saturated rings. The van der Waals surface area contributed by atoms with E-state index in [1.807, 2.05) is 0 Å². The molecule has 0 amide bonds. The molecule has 2 unspecified atom stereocenters. The fraction of sp³-hybridized carbons (Fsp3) is 0.900. The molecule has 0 aromatic rings. The average Bonchev–Trinajstić information content (AvgIpc) is 2.73. The van der Waals surface area contributed by atoms with Gasteiger partial charge in [0.2, 0.25) is 0 Å². The molecule has 104 valence electrons. The SMILES string of the molecule is O=C(O)C1CC(O)CN1S(=O)(=O)N1CCCCC1. The third-order valence-corrected chi connectivity index (χ3v) is 5.47. The normalized spacial score (nSPS) is 31.6. The van der Waals surface area contributed by atoms with Crippen LogP contribution >= 0.6 is 0 Å². The van der Waals surface area contributed by atoms with Crippen molar-refractivity contribution >= 4 is 16.2 Å². The lowest BCUT2D eigenvalue weighted by Gasteiger charge is -2.31. The van der Waals surface area contributed by atoms with Crippen LogP contribution in [0, 0.1) is 0 Å². The van der Waals surface area contributed by atoms with Gasteiger partial charge in [-0.15, -0.1) is 0 Å². The van der Waals surface area contributed by atoms with E-state index in [4.69, 9.17) is 5.11 Å². The third kappa shape index (κ3) is 2.51. The largest absolute Gasteiger partial charge is 0.480 e. The number of piperidine rings is 1.